The average Bonchev–Trinajstić information content (AvgIpc) is 3.09. The molecule has 0 bridgehead atoms. The minimum atomic E-state index is -1.20. The topological polar surface area (TPSA) is 78.4 Å². The molecule has 0 aliphatic heterocycles. The Morgan fingerprint density at radius 1 is 1.59 bits per heavy atom. The van der Waals surface area contributed by atoms with E-state index in [-0.39, 0.29) is 12.0 Å². The minimum Gasteiger partial charge on any atom is -0.480 e. The summed E-state index contributed by atoms with van der Waals surface area (Å²) in [5, 5.41) is 14.2. The van der Waals surface area contributed by atoms with E-state index in [1.807, 2.05) is 6.92 Å². The number of carboxylic acids is 1. The number of terminal acetylenes is 1. The van der Waals surface area contributed by atoms with Crippen molar-refractivity contribution in [3.63, 3.8) is 0 Å². The van der Waals surface area contributed by atoms with Crippen LogP contribution < -0.4 is 10.6 Å². The van der Waals surface area contributed by atoms with Crippen LogP contribution in [0.25, 0.3) is 0 Å². The number of hydrogen-bond acceptors (Lipinski definition) is 2. The summed E-state index contributed by atoms with van der Waals surface area (Å²) in [7, 11) is 0. The summed E-state index contributed by atoms with van der Waals surface area (Å²) in [6, 6.07) is -0.890. The number of rotatable bonds is 5. The predicted octanol–water partition coefficient (Wildman–Crippen LogP) is 0.951. The van der Waals surface area contributed by atoms with Crippen LogP contribution >= 0.6 is 0 Å². The molecule has 0 aromatic heterocycles. The first-order valence-electron chi connectivity index (χ1n) is 5.72. The fourth-order valence-electron chi connectivity index (χ4n) is 1.68. The highest BCUT2D eigenvalue weighted by Gasteiger charge is 2.48. The molecule has 2 amide bonds. The molecule has 1 fully saturated rings. The van der Waals surface area contributed by atoms with Crippen LogP contribution in [0.15, 0.2) is 0 Å². The Kier molecular flexibility index (Phi) is 4.00. The molecule has 0 saturated heterocycles. The van der Waals surface area contributed by atoms with Gasteiger partial charge in [0.25, 0.3) is 0 Å². The van der Waals surface area contributed by atoms with E-state index in [1.165, 1.54) is 6.92 Å². The van der Waals surface area contributed by atoms with Crippen molar-refractivity contribution in [3.05, 3.63) is 0 Å². The van der Waals surface area contributed by atoms with Crippen molar-refractivity contribution >= 4 is 12.0 Å². The van der Waals surface area contributed by atoms with E-state index in [2.05, 4.69) is 16.6 Å². The molecule has 0 aromatic rings. The Bertz CT molecular complexity index is 357. The van der Waals surface area contributed by atoms with E-state index >= 15 is 0 Å². The van der Waals surface area contributed by atoms with E-state index in [9.17, 15) is 9.59 Å². The molecule has 5 heteroatoms. The van der Waals surface area contributed by atoms with Crippen LogP contribution in [0.1, 0.15) is 33.1 Å². The standard InChI is InChI=1S/C12H18N2O3/c1-4-9(5-2)13-11(17)14-12(3,10(15)16)8-6-7-8/h1,8-9H,5-7H2,2-3H3,(H,15,16)(H2,13,14,17). The maximum atomic E-state index is 11.6. The van der Waals surface area contributed by atoms with Crippen molar-refractivity contribution in [2.45, 2.75) is 44.7 Å². The number of aliphatic carboxylic acids is 1. The third-order valence-electron chi connectivity index (χ3n) is 3.13. The van der Waals surface area contributed by atoms with Crippen molar-refractivity contribution in [3.8, 4) is 12.3 Å². The lowest BCUT2D eigenvalue weighted by Gasteiger charge is -2.26. The second-order valence-corrected chi connectivity index (χ2v) is 4.51. The molecule has 2 atom stereocenters. The van der Waals surface area contributed by atoms with Gasteiger partial charge in [-0.25, -0.2) is 9.59 Å². The van der Waals surface area contributed by atoms with Crippen LogP contribution in [-0.2, 0) is 4.79 Å². The maximum absolute atomic E-state index is 11.6. The van der Waals surface area contributed by atoms with Gasteiger partial charge in [-0.1, -0.05) is 12.8 Å². The van der Waals surface area contributed by atoms with Crippen molar-refractivity contribution in [2.75, 3.05) is 0 Å². The smallest absolute Gasteiger partial charge is 0.329 e. The van der Waals surface area contributed by atoms with Gasteiger partial charge in [-0.05, 0) is 32.1 Å². The van der Waals surface area contributed by atoms with Crippen LogP contribution in [0.2, 0.25) is 0 Å². The highest BCUT2D eigenvalue weighted by Crippen LogP contribution is 2.39. The van der Waals surface area contributed by atoms with Crippen LogP contribution in [0.3, 0.4) is 0 Å². The second-order valence-electron chi connectivity index (χ2n) is 4.51. The van der Waals surface area contributed by atoms with Crippen molar-refractivity contribution in [1.82, 2.24) is 10.6 Å². The first-order valence-corrected chi connectivity index (χ1v) is 5.72. The van der Waals surface area contributed by atoms with Crippen LogP contribution in [0.5, 0.6) is 0 Å². The first kappa shape index (κ1) is 13.4. The first-order chi connectivity index (χ1) is 7.93. The fraction of sp³-hybridized carbons (Fsp3) is 0.667. The van der Waals surface area contributed by atoms with E-state index in [0.717, 1.165) is 12.8 Å². The zero-order valence-electron chi connectivity index (χ0n) is 10.1. The molecular formula is C12H18N2O3. The highest BCUT2D eigenvalue weighted by molar-refractivity contribution is 5.86. The van der Waals surface area contributed by atoms with Gasteiger partial charge in [-0.2, -0.15) is 0 Å². The van der Waals surface area contributed by atoms with Gasteiger partial charge in [0.15, 0.2) is 0 Å². The Labute approximate surface area is 101 Å². The molecule has 94 valence electrons. The number of nitrogens with one attached hydrogen (secondary N) is 2. The van der Waals surface area contributed by atoms with Gasteiger partial charge >= 0.3 is 12.0 Å². The number of carbonyl (C=O) groups excluding carboxylic acids is 1. The van der Waals surface area contributed by atoms with Crippen LogP contribution in [0, 0.1) is 18.3 Å². The molecule has 3 N–H and O–H groups in total. The van der Waals surface area contributed by atoms with Gasteiger partial charge in [-0.3, -0.25) is 0 Å². The van der Waals surface area contributed by atoms with E-state index in [0.29, 0.717) is 6.42 Å². The third-order valence-corrected chi connectivity index (χ3v) is 3.13. The molecule has 2 unspecified atom stereocenters. The second kappa shape index (κ2) is 5.09. The van der Waals surface area contributed by atoms with E-state index in [4.69, 9.17) is 11.5 Å². The normalized spacial score (nSPS) is 19.6. The lowest BCUT2D eigenvalue weighted by molar-refractivity contribution is -0.144. The Balaban J connectivity index is 2.60. The Hall–Kier alpha value is -1.70. The molecule has 17 heavy (non-hydrogen) atoms. The van der Waals surface area contributed by atoms with Gasteiger partial charge in [0, 0.05) is 0 Å². The molecular weight excluding hydrogens is 220 g/mol. The number of carboxylic acid groups (broad SMARTS) is 1. The van der Waals surface area contributed by atoms with Gasteiger partial charge in [-0.15, -0.1) is 6.42 Å². The molecule has 0 radical (unpaired) electrons. The molecule has 1 rings (SSSR count). The van der Waals surface area contributed by atoms with Crippen molar-refractivity contribution in [2.24, 2.45) is 5.92 Å². The SMILES string of the molecule is C#CC(CC)NC(=O)NC(C)(C(=O)O)C1CC1. The average molecular weight is 238 g/mol. The van der Waals surface area contributed by atoms with E-state index in [1.54, 1.807) is 0 Å². The summed E-state index contributed by atoms with van der Waals surface area (Å²) in [6.45, 7) is 3.38. The lowest BCUT2D eigenvalue weighted by Crippen LogP contribution is -2.57. The van der Waals surface area contributed by atoms with Gasteiger partial charge in [0.05, 0.1) is 6.04 Å². The third kappa shape index (κ3) is 3.13. The lowest BCUT2D eigenvalue weighted by atomic mass is 9.96. The fourth-order valence-corrected chi connectivity index (χ4v) is 1.68. The largest absolute Gasteiger partial charge is 0.480 e. The van der Waals surface area contributed by atoms with Crippen molar-refractivity contribution in [1.29, 1.82) is 0 Å². The van der Waals surface area contributed by atoms with Gasteiger partial charge in [0.2, 0.25) is 0 Å². The highest BCUT2D eigenvalue weighted by atomic mass is 16.4. The Morgan fingerprint density at radius 2 is 2.18 bits per heavy atom. The predicted molar refractivity (Wildman–Crippen MR) is 63.3 cm³/mol. The summed E-state index contributed by atoms with van der Waals surface area (Å²) in [5.41, 5.74) is -1.20. The van der Waals surface area contributed by atoms with E-state index < -0.39 is 17.5 Å². The summed E-state index contributed by atoms with van der Waals surface area (Å²) in [6.07, 6.45) is 7.48. The molecule has 0 aromatic carbocycles. The number of carbonyl (C=O) groups is 2. The summed E-state index contributed by atoms with van der Waals surface area (Å²) < 4.78 is 0. The summed E-state index contributed by atoms with van der Waals surface area (Å²) in [4.78, 5) is 22.8. The molecule has 1 aliphatic carbocycles. The zero-order chi connectivity index (χ0) is 13.1. The summed E-state index contributed by atoms with van der Waals surface area (Å²) in [5.74, 6) is 1.42. The van der Waals surface area contributed by atoms with Gasteiger partial charge in [0.1, 0.15) is 5.54 Å². The summed E-state index contributed by atoms with van der Waals surface area (Å²) >= 11 is 0. The molecule has 0 heterocycles. The Morgan fingerprint density at radius 3 is 2.53 bits per heavy atom. The van der Waals surface area contributed by atoms with Crippen molar-refractivity contribution < 1.29 is 14.7 Å². The zero-order valence-corrected chi connectivity index (χ0v) is 10.1. The van der Waals surface area contributed by atoms with Crippen LogP contribution in [0.4, 0.5) is 4.79 Å². The molecule has 5 nitrogen and oxygen atoms in total. The number of hydrogen-bond donors (Lipinski definition) is 3. The van der Waals surface area contributed by atoms with Gasteiger partial charge < -0.3 is 15.7 Å². The maximum Gasteiger partial charge on any atom is 0.329 e. The molecule has 1 aliphatic rings. The number of amides is 2. The quantitative estimate of drug-likeness (QED) is 0.624. The minimum absolute atomic E-state index is 0.0108. The molecule has 0 spiro atoms. The molecule has 1 saturated carbocycles. The monoisotopic (exact) mass is 238 g/mol. The van der Waals surface area contributed by atoms with Crippen LogP contribution in [-0.4, -0.2) is 28.7 Å². The number of urea groups is 1.